The van der Waals surface area contributed by atoms with Crippen molar-refractivity contribution in [2.24, 2.45) is 0 Å². The van der Waals surface area contributed by atoms with E-state index in [4.69, 9.17) is 0 Å². The number of anilines is 1. The van der Waals surface area contributed by atoms with Gasteiger partial charge in [-0.2, -0.15) is 0 Å². The van der Waals surface area contributed by atoms with Gasteiger partial charge in [0, 0.05) is 11.7 Å². The van der Waals surface area contributed by atoms with E-state index in [0.29, 0.717) is 12.6 Å². The molecule has 2 aromatic rings. The zero-order valence-electron chi connectivity index (χ0n) is 14.1. The molecule has 2 aromatic carbocycles. The molecule has 0 radical (unpaired) electrons. The molecule has 3 rings (SSSR count). The Hall–Kier alpha value is -2.13. The van der Waals surface area contributed by atoms with Gasteiger partial charge in [-0.15, -0.1) is 0 Å². The van der Waals surface area contributed by atoms with Gasteiger partial charge in [0.15, 0.2) is 0 Å². The molecule has 1 atom stereocenters. The van der Waals surface area contributed by atoms with E-state index in [2.05, 4.69) is 47.5 Å². The van der Waals surface area contributed by atoms with Crippen LogP contribution in [0.2, 0.25) is 0 Å². The van der Waals surface area contributed by atoms with Crippen LogP contribution in [0.25, 0.3) is 0 Å². The lowest BCUT2D eigenvalue weighted by atomic mass is 10.1. The first-order valence-corrected chi connectivity index (χ1v) is 8.20. The van der Waals surface area contributed by atoms with E-state index in [9.17, 15) is 4.79 Å². The summed E-state index contributed by atoms with van der Waals surface area (Å²) in [6, 6.07) is 15.0. The maximum Gasteiger partial charge on any atom is 0.238 e. The van der Waals surface area contributed by atoms with E-state index >= 15 is 0 Å². The fraction of sp³-hybridized carbons (Fsp3) is 0.350. The molecular formula is C20H24N2O. The molecule has 0 fully saturated rings. The predicted molar refractivity (Wildman–Crippen MR) is 94.7 cm³/mol. The van der Waals surface area contributed by atoms with Crippen molar-refractivity contribution >= 4 is 11.6 Å². The summed E-state index contributed by atoms with van der Waals surface area (Å²) in [6.45, 7) is 4.50. The molecule has 0 unspecified atom stereocenters. The van der Waals surface area contributed by atoms with Gasteiger partial charge in [-0.1, -0.05) is 42.0 Å². The first kappa shape index (κ1) is 15.8. The van der Waals surface area contributed by atoms with E-state index in [1.807, 2.05) is 26.1 Å². The van der Waals surface area contributed by atoms with E-state index in [1.165, 1.54) is 16.7 Å². The van der Waals surface area contributed by atoms with Crippen LogP contribution < -0.4 is 5.32 Å². The van der Waals surface area contributed by atoms with Crippen molar-refractivity contribution in [2.45, 2.75) is 32.7 Å². The molecule has 0 saturated carbocycles. The molecule has 0 heterocycles. The molecule has 3 heteroatoms. The number of nitrogens with zero attached hydrogens (tertiary/aromatic N) is 1. The van der Waals surface area contributed by atoms with Crippen molar-refractivity contribution in [3.05, 3.63) is 64.7 Å². The normalized spacial score (nSPS) is 16.4. The second kappa shape index (κ2) is 6.55. The number of nitrogens with one attached hydrogen (secondary N) is 1. The Bertz CT molecular complexity index is 723. The second-order valence-electron chi connectivity index (χ2n) is 6.53. The van der Waals surface area contributed by atoms with Gasteiger partial charge in [0.1, 0.15) is 0 Å². The maximum absolute atomic E-state index is 12.4. The van der Waals surface area contributed by atoms with Crippen LogP contribution in [0, 0.1) is 13.8 Å². The van der Waals surface area contributed by atoms with Crippen LogP contribution in [0.5, 0.6) is 0 Å². The summed E-state index contributed by atoms with van der Waals surface area (Å²) in [7, 11) is 2.04. The van der Waals surface area contributed by atoms with E-state index < -0.39 is 0 Å². The first-order valence-electron chi connectivity index (χ1n) is 8.20. The van der Waals surface area contributed by atoms with Crippen LogP contribution in [0.1, 0.15) is 34.7 Å². The lowest BCUT2D eigenvalue weighted by molar-refractivity contribution is -0.117. The van der Waals surface area contributed by atoms with Crippen molar-refractivity contribution in [3.8, 4) is 0 Å². The average molecular weight is 308 g/mol. The number of amides is 1. The smallest absolute Gasteiger partial charge is 0.238 e. The van der Waals surface area contributed by atoms with Gasteiger partial charge < -0.3 is 5.32 Å². The monoisotopic (exact) mass is 308 g/mol. The van der Waals surface area contributed by atoms with Crippen molar-refractivity contribution in [2.75, 3.05) is 18.9 Å². The molecule has 0 saturated heterocycles. The summed E-state index contributed by atoms with van der Waals surface area (Å²) in [5.41, 5.74) is 6.00. The Balaban J connectivity index is 1.64. The Kier molecular flexibility index (Phi) is 4.49. The zero-order chi connectivity index (χ0) is 16.4. The Morgan fingerprint density at radius 2 is 2.00 bits per heavy atom. The van der Waals surface area contributed by atoms with Gasteiger partial charge in [-0.05, 0) is 56.5 Å². The standard InChI is InChI=1S/C20H24N2O/c1-14-8-10-18(15(2)12-14)21-20(23)13-22(3)19-11-9-16-6-4-5-7-17(16)19/h4-8,10,12,19H,9,11,13H2,1-3H3,(H,21,23)/t19-/m1/s1. The highest BCUT2D eigenvalue weighted by Crippen LogP contribution is 2.34. The topological polar surface area (TPSA) is 32.3 Å². The molecule has 120 valence electrons. The number of likely N-dealkylation sites (N-methyl/N-ethyl adjacent to an activating group) is 1. The fourth-order valence-corrected chi connectivity index (χ4v) is 3.47. The fourth-order valence-electron chi connectivity index (χ4n) is 3.47. The van der Waals surface area contributed by atoms with Crippen LogP contribution in [-0.2, 0) is 11.2 Å². The number of rotatable bonds is 4. The molecule has 0 bridgehead atoms. The van der Waals surface area contributed by atoms with Crippen LogP contribution >= 0.6 is 0 Å². The third-order valence-electron chi connectivity index (χ3n) is 4.68. The van der Waals surface area contributed by atoms with E-state index in [0.717, 1.165) is 24.1 Å². The largest absolute Gasteiger partial charge is 0.325 e. The average Bonchev–Trinajstić information content (AvgIpc) is 2.94. The van der Waals surface area contributed by atoms with Crippen molar-refractivity contribution in [1.82, 2.24) is 4.90 Å². The summed E-state index contributed by atoms with van der Waals surface area (Å²) >= 11 is 0. The van der Waals surface area contributed by atoms with Crippen molar-refractivity contribution in [1.29, 1.82) is 0 Å². The Morgan fingerprint density at radius 3 is 2.78 bits per heavy atom. The van der Waals surface area contributed by atoms with E-state index in [1.54, 1.807) is 0 Å². The Morgan fingerprint density at radius 1 is 1.22 bits per heavy atom. The number of hydrogen-bond acceptors (Lipinski definition) is 2. The van der Waals surface area contributed by atoms with Crippen molar-refractivity contribution in [3.63, 3.8) is 0 Å². The molecule has 23 heavy (non-hydrogen) atoms. The number of hydrogen-bond donors (Lipinski definition) is 1. The van der Waals surface area contributed by atoms with Gasteiger partial charge in [0.2, 0.25) is 5.91 Å². The first-order chi connectivity index (χ1) is 11.0. The quantitative estimate of drug-likeness (QED) is 0.930. The van der Waals surface area contributed by atoms with Gasteiger partial charge >= 0.3 is 0 Å². The molecule has 0 spiro atoms. The predicted octanol–water partition coefficient (Wildman–Crippen LogP) is 3.86. The second-order valence-corrected chi connectivity index (χ2v) is 6.53. The minimum Gasteiger partial charge on any atom is -0.325 e. The molecule has 1 aliphatic rings. The summed E-state index contributed by atoms with van der Waals surface area (Å²) in [5, 5.41) is 3.04. The summed E-state index contributed by atoms with van der Waals surface area (Å²) in [4.78, 5) is 14.5. The molecule has 0 aromatic heterocycles. The highest BCUT2D eigenvalue weighted by atomic mass is 16.2. The minimum atomic E-state index is 0.0452. The SMILES string of the molecule is Cc1ccc(NC(=O)CN(C)[C@@H]2CCc3ccccc32)c(C)c1. The van der Waals surface area contributed by atoms with Crippen LogP contribution in [0.15, 0.2) is 42.5 Å². The maximum atomic E-state index is 12.4. The van der Waals surface area contributed by atoms with Crippen LogP contribution in [0.3, 0.4) is 0 Å². The van der Waals surface area contributed by atoms with Gasteiger partial charge in [-0.25, -0.2) is 0 Å². The molecule has 3 nitrogen and oxygen atoms in total. The lowest BCUT2D eigenvalue weighted by Crippen LogP contribution is -2.32. The molecule has 1 N–H and O–H groups in total. The number of fused-ring (bicyclic) bond motifs is 1. The summed E-state index contributed by atoms with van der Waals surface area (Å²) in [6.07, 6.45) is 2.19. The number of carbonyl (C=O) groups is 1. The number of benzene rings is 2. The zero-order valence-corrected chi connectivity index (χ0v) is 14.1. The summed E-state index contributed by atoms with van der Waals surface area (Å²) < 4.78 is 0. The van der Waals surface area contributed by atoms with Crippen LogP contribution in [-0.4, -0.2) is 24.4 Å². The molecule has 0 aliphatic heterocycles. The summed E-state index contributed by atoms with van der Waals surface area (Å²) in [5.74, 6) is 0.0452. The van der Waals surface area contributed by atoms with Gasteiger partial charge in [-0.3, -0.25) is 9.69 Å². The minimum absolute atomic E-state index is 0.0452. The van der Waals surface area contributed by atoms with Gasteiger partial charge in [0.25, 0.3) is 0 Å². The highest BCUT2D eigenvalue weighted by Gasteiger charge is 2.26. The number of carbonyl (C=O) groups excluding carboxylic acids is 1. The number of aryl methyl sites for hydroxylation is 3. The highest BCUT2D eigenvalue weighted by molar-refractivity contribution is 5.93. The third-order valence-corrected chi connectivity index (χ3v) is 4.68. The van der Waals surface area contributed by atoms with Gasteiger partial charge in [0.05, 0.1) is 6.54 Å². The van der Waals surface area contributed by atoms with Crippen molar-refractivity contribution < 1.29 is 4.79 Å². The van der Waals surface area contributed by atoms with Crippen LogP contribution in [0.4, 0.5) is 5.69 Å². The lowest BCUT2D eigenvalue weighted by Gasteiger charge is -2.24. The molecule has 1 amide bonds. The molecule has 1 aliphatic carbocycles. The Labute approximate surface area is 138 Å². The molecular weight excluding hydrogens is 284 g/mol. The van der Waals surface area contributed by atoms with E-state index in [-0.39, 0.29) is 5.91 Å². The third kappa shape index (κ3) is 3.45.